The molecule has 0 aliphatic rings. The molecule has 2 N–H and O–H groups in total. The first-order chi connectivity index (χ1) is 15.6. The van der Waals surface area contributed by atoms with E-state index in [1.54, 1.807) is 12.1 Å². The van der Waals surface area contributed by atoms with Gasteiger partial charge < -0.3 is 10.6 Å². The van der Waals surface area contributed by atoms with Crippen molar-refractivity contribution in [1.82, 2.24) is 10.3 Å². The average molecular weight is 482 g/mol. The molecule has 0 bridgehead atoms. The van der Waals surface area contributed by atoms with Crippen LogP contribution in [0.1, 0.15) is 11.3 Å². The van der Waals surface area contributed by atoms with E-state index in [-0.39, 0.29) is 24.0 Å². The molecule has 1 heterocycles. The number of anilines is 1. The van der Waals surface area contributed by atoms with Gasteiger partial charge in [0.2, 0.25) is 11.8 Å². The lowest BCUT2D eigenvalue weighted by Crippen LogP contribution is -2.24. The summed E-state index contributed by atoms with van der Waals surface area (Å²) in [4.78, 5) is 29.1. The van der Waals surface area contributed by atoms with Crippen LogP contribution in [0.5, 0.6) is 0 Å². The van der Waals surface area contributed by atoms with Gasteiger partial charge in [-0.05, 0) is 29.1 Å². The highest BCUT2D eigenvalue weighted by Gasteiger charge is 2.11. The number of carbonyl (C=O) groups excluding carboxylic acids is 2. The molecule has 0 spiro atoms. The molecule has 0 aliphatic heterocycles. The highest BCUT2D eigenvalue weighted by atomic mass is 35.5. The molecule has 8 heteroatoms. The summed E-state index contributed by atoms with van der Waals surface area (Å²) in [5.74, 6) is 0.0539. The van der Waals surface area contributed by atoms with Crippen molar-refractivity contribution < 1.29 is 9.59 Å². The quantitative estimate of drug-likeness (QED) is 0.324. The molecule has 0 fully saturated rings. The molecule has 0 unspecified atom stereocenters. The minimum absolute atomic E-state index is 0.0937. The van der Waals surface area contributed by atoms with E-state index >= 15 is 0 Å². The number of thioether (sulfide) groups is 1. The van der Waals surface area contributed by atoms with Crippen LogP contribution in [0.3, 0.4) is 0 Å². The topological polar surface area (TPSA) is 71.1 Å². The predicted octanol–water partition coefficient (Wildman–Crippen LogP) is 5.54. The van der Waals surface area contributed by atoms with Gasteiger partial charge in [0.25, 0.3) is 0 Å². The number of amides is 2. The number of hydrogen-bond acceptors (Lipinski definition) is 5. The monoisotopic (exact) mass is 481 g/mol. The zero-order chi connectivity index (χ0) is 22.3. The van der Waals surface area contributed by atoms with E-state index in [1.165, 1.54) is 23.1 Å². The molecular weight excluding hydrogens is 462 g/mol. The Labute approximate surface area is 199 Å². The minimum Gasteiger partial charge on any atom is -0.352 e. The Kier molecular flexibility index (Phi) is 7.42. The molecule has 0 saturated carbocycles. The van der Waals surface area contributed by atoms with E-state index < -0.39 is 0 Å². The standard InChI is InChI=1S/C24H20ClN3O2S2/c25-18-10-8-16(9-11-18)13-26-22(29)12-19-14-31-24(27-19)32-15-23(30)28-21-7-3-5-17-4-1-2-6-20(17)21/h1-11,14H,12-13,15H2,(H,26,29)(H,28,30). The van der Waals surface area contributed by atoms with Crippen LogP contribution in [0.25, 0.3) is 10.8 Å². The summed E-state index contributed by atoms with van der Waals surface area (Å²) in [7, 11) is 0. The number of carbonyl (C=O) groups is 2. The van der Waals surface area contributed by atoms with Crippen LogP contribution >= 0.6 is 34.7 Å². The fraction of sp³-hybridized carbons (Fsp3) is 0.125. The van der Waals surface area contributed by atoms with E-state index in [9.17, 15) is 9.59 Å². The number of halogens is 1. The Morgan fingerprint density at radius 3 is 2.59 bits per heavy atom. The summed E-state index contributed by atoms with van der Waals surface area (Å²) in [5, 5.41) is 10.5. The van der Waals surface area contributed by atoms with Crippen LogP contribution in [0.2, 0.25) is 5.02 Å². The number of hydrogen-bond donors (Lipinski definition) is 2. The van der Waals surface area contributed by atoms with E-state index in [4.69, 9.17) is 11.6 Å². The number of thiazole rings is 1. The number of fused-ring (bicyclic) bond motifs is 1. The number of rotatable bonds is 8. The number of aromatic nitrogens is 1. The van der Waals surface area contributed by atoms with Crippen molar-refractivity contribution in [1.29, 1.82) is 0 Å². The van der Waals surface area contributed by atoms with Gasteiger partial charge in [-0.25, -0.2) is 4.98 Å². The normalized spacial score (nSPS) is 10.8. The first-order valence-electron chi connectivity index (χ1n) is 9.93. The van der Waals surface area contributed by atoms with Gasteiger partial charge in [-0.15, -0.1) is 11.3 Å². The molecule has 0 aliphatic carbocycles. The second-order valence-corrected chi connectivity index (χ2v) is 9.57. The van der Waals surface area contributed by atoms with Gasteiger partial charge in [-0.3, -0.25) is 9.59 Å². The van der Waals surface area contributed by atoms with Crippen molar-refractivity contribution in [3.8, 4) is 0 Å². The summed E-state index contributed by atoms with van der Waals surface area (Å²) in [5.41, 5.74) is 2.47. The fourth-order valence-corrected chi connectivity index (χ4v) is 4.88. The molecule has 2 amide bonds. The highest BCUT2D eigenvalue weighted by molar-refractivity contribution is 8.01. The molecule has 4 aromatic rings. The molecule has 0 radical (unpaired) electrons. The summed E-state index contributed by atoms with van der Waals surface area (Å²) < 4.78 is 0.763. The second kappa shape index (κ2) is 10.6. The van der Waals surface area contributed by atoms with Crippen molar-refractivity contribution in [2.45, 2.75) is 17.3 Å². The molecule has 0 saturated heterocycles. The van der Waals surface area contributed by atoms with Gasteiger partial charge in [0.15, 0.2) is 4.34 Å². The molecule has 4 rings (SSSR count). The van der Waals surface area contributed by atoms with Gasteiger partial charge in [0.05, 0.1) is 17.9 Å². The van der Waals surface area contributed by atoms with Crippen LogP contribution in [-0.2, 0) is 22.6 Å². The Morgan fingerprint density at radius 1 is 0.969 bits per heavy atom. The van der Waals surface area contributed by atoms with Gasteiger partial charge in [0.1, 0.15) is 0 Å². The van der Waals surface area contributed by atoms with E-state index in [0.29, 0.717) is 17.3 Å². The van der Waals surface area contributed by atoms with Crippen molar-refractivity contribution in [2.75, 3.05) is 11.1 Å². The third-order valence-electron chi connectivity index (χ3n) is 4.67. The third-order valence-corrected chi connectivity index (χ3v) is 6.99. The maximum absolute atomic E-state index is 12.4. The molecule has 1 aromatic heterocycles. The Balaban J connectivity index is 1.25. The lowest BCUT2D eigenvalue weighted by atomic mass is 10.1. The summed E-state index contributed by atoms with van der Waals surface area (Å²) in [6.07, 6.45) is 0.201. The second-order valence-electron chi connectivity index (χ2n) is 7.05. The average Bonchev–Trinajstić information content (AvgIpc) is 3.25. The zero-order valence-electron chi connectivity index (χ0n) is 17.0. The summed E-state index contributed by atoms with van der Waals surface area (Å²) >= 11 is 8.67. The number of nitrogens with one attached hydrogen (secondary N) is 2. The molecule has 3 aromatic carbocycles. The smallest absolute Gasteiger partial charge is 0.234 e. The summed E-state index contributed by atoms with van der Waals surface area (Å²) in [6.45, 7) is 0.441. The number of benzene rings is 3. The van der Waals surface area contributed by atoms with Crippen molar-refractivity contribution in [2.24, 2.45) is 0 Å². The SMILES string of the molecule is O=C(Cc1csc(SCC(=O)Nc2cccc3ccccc23)n1)NCc1ccc(Cl)cc1. The van der Waals surface area contributed by atoms with Crippen LogP contribution in [0.15, 0.2) is 76.4 Å². The van der Waals surface area contributed by atoms with Crippen molar-refractivity contribution >= 4 is 63.0 Å². The Morgan fingerprint density at radius 2 is 1.75 bits per heavy atom. The molecule has 5 nitrogen and oxygen atoms in total. The van der Waals surface area contributed by atoms with Crippen LogP contribution in [0, 0.1) is 0 Å². The minimum atomic E-state index is -0.101. The fourth-order valence-electron chi connectivity index (χ4n) is 3.11. The van der Waals surface area contributed by atoms with E-state index in [2.05, 4.69) is 15.6 Å². The largest absolute Gasteiger partial charge is 0.352 e. The highest BCUT2D eigenvalue weighted by Crippen LogP contribution is 2.25. The first kappa shape index (κ1) is 22.3. The molecule has 162 valence electrons. The van der Waals surface area contributed by atoms with Crippen LogP contribution < -0.4 is 10.6 Å². The lowest BCUT2D eigenvalue weighted by Gasteiger charge is -2.08. The van der Waals surface area contributed by atoms with Crippen LogP contribution in [0.4, 0.5) is 5.69 Å². The maximum Gasteiger partial charge on any atom is 0.234 e. The Hall–Kier alpha value is -2.87. The van der Waals surface area contributed by atoms with Gasteiger partial charge >= 0.3 is 0 Å². The van der Waals surface area contributed by atoms with E-state index in [0.717, 1.165) is 26.4 Å². The molecular formula is C24H20ClN3O2S2. The van der Waals surface area contributed by atoms with Crippen molar-refractivity contribution in [3.05, 3.63) is 88.4 Å². The lowest BCUT2D eigenvalue weighted by molar-refractivity contribution is -0.120. The summed E-state index contributed by atoms with van der Waals surface area (Å²) in [6, 6.07) is 21.1. The first-order valence-corrected chi connectivity index (χ1v) is 12.2. The van der Waals surface area contributed by atoms with E-state index in [1.807, 2.05) is 60.0 Å². The Bertz CT molecular complexity index is 1240. The molecule has 32 heavy (non-hydrogen) atoms. The molecule has 0 atom stereocenters. The van der Waals surface area contributed by atoms with Crippen LogP contribution in [-0.4, -0.2) is 22.6 Å². The maximum atomic E-state index is 12.4. The number of nitrogens with zero attached hydrogens (tertiary/aromatic N) is 1. The van der Waals surface area contributed by atoms with Gasteiger partial charge in [0, 0.05) is 28.0 Å². The van der Waals surface area contributed by atoms with Crippen molar-refractivity contribution in [3.63, 3.8) is 0 Å². The van der Waals surface area contributed by atoms with Gasteiger partial charge in [-0.2, -0.15) is 0 Å². The predicted molar refractivity (Wildman–Crippen MR) is 132 cm³/mol. The third kappa shape index (κ3) is 6.09. The van der Waals surface area contributed by atoms with Gasteiger partial charge in [-0.1, -0.05) is 71.9 Å². The zero-order valence-corrected chi connectivity index (χ0v) is 19.4.